The Bertz CT molecular complexity index is 651. The first-order valence-corrected chi connectivity index (χ1v) is 7.23. The number of nitrogens with one attached hydrogen (secondary N) is 1. The van der Waals surface area contributed by atoms with E-state index in [1.54, 1.807) is 0 Å². The Kier molecular flexibility index (Phi) is 4.46. The number of benzene rings is 1. The highest BCUT2D eigenvalue weighted by Gasteiger charge is 2.11. The van der Waals surface area contributed by atoms with Gasteiger partial charge in [-0.15, -0.1) is 0 Å². The van der Waals surface area contributed by atoms with Gasteiger partial charge in [0, 0.05) is 7.05 Å². The van der Waals surface area contributed by atoms with Gasteiger partial charge in [0.15, 0.2) is 0 Å². The highest BCUT2D eigenvalue weighted by atomic mass is 16.5. The van der Waals surface area contributed by atoms with Gasteiger partial charge in [-0.2, -0.15) is 4.98 Å². The molecule has 0 bridgehead atoms. The Hall–Kier alpha value is -2.10. The summed E-state index contributed by atoms with van der Waals surface area (Å²) in [5, 5.41) is 3.07. The predicted octanol–water partition coefficient (Wildman–Crippen LogP) is 4.36. The molecule has 0 fully saturated rings. The molecule has 0 amide bonds. The van der Waals surface area contributed by atoms with Crippen LogP contribution in [0.2, 0.25) is 0 Å². The third-order valence-corrected chi connectivity index (χ3v) is 3.53. The summed E-state index contributed by atoms with van der Waals surface area (Å²) >= 11 is 0. The van der Waals surface area contributed by atoms with E-state index in [0.717, 1.165) is 17.1 Å². The highest BCUT2D eigenvalue weighted by Crippen LogP contribution is 2.29. The summed E-state index contributed by atoms with van der Waals surface area (Å²) in [7, 11) is 1.85. The molecule has 112 valence electrons. The van der Waals surface area contributed by atoms with E-state index in [2.05, 4.69) is 48.2 Å². The maximum atomic E-state index is 5.96. The van der Waals surface area contributed by atoms with Gasteiger partial charge in [0.2, 0.25) is 5.88 Å². The number of hydrogen-bond donors (Lipinski definition) is 1. The van der Waals surface area contributed by atoms with Crippen molar-refractivity contribution in [3.8, 4) is 11.6 Å². The minimum absolute atomic E-state index is 0.512. The molecule has 0 saturated heterocycles. The average Bonchev–Trinajstić information content (AvgIpc) is 2.42. The number of ether oxygens (including phenoxy) is 1. The van der Waals surface area contributed by atoms with Crippen LogP contribution in [-0.2, 0) is 0 Å². The summed E-state index contributed by atoms with van der Waals surface area (Å²) in [6.07, 6.45) is 0. The number of anilines is 1. The van der Waals surface area contributed by atoms with Crippen LogP contribution < -0.4 is 10.1 Å². The molecule has 0 aliphatic rings. The van der Waals surface area contributed by atoms with Gasteiger partial charge in [0.05, 0.1) is 5.56 Å². The molecule has 2 aromatic rings. The van der Waals surface area contributed by atoms with Crippen molar-refractivity contribution < 1.29 is 4.74 Å². The van der Waals surface area contributed by atoms with Gasteiger partial charge >= 0.3 is 0 Å². The van der Waals surface area contributed by atoms with Crippen molar-refractivity contribution in [1.29, 1.82) is 0 Å². The summed E-state index contributed by atoms with van der Waals surface area (Å²) in [4.78, 5) is 8.74. The minimum atomic E-state index is 0.512. The lowest BCUT2D eigenvalue weighted by molar-refractivity contribution is 0.455. The smallest absolute Gasteiger partial charge is 0.227 e. The summed E-state index contributed by atoms with van der Waals surface area (Å²) in [6, 6.07) is 6.18. The van der Waals surface area contributed by atoms with Crippen LogP contribution >= 0.6 is 0 Å². The average molecular weight is 285 g/mol. The fraction of sp³-hybridized carbons (Fsp3) is 0.412. The van der Waals surface area contributed by atoms with Gasteiger partial charge in [0.25, 0.3) is 0 Å². The monoisotopic (exact) mass is 285 g/mol. The largest absolute Gasteiger partial charge is 0.439 e. The molecule has 4 heteroatoms. The molecule has 1 heterocycles. The lowest BCUT2D eigenvalue weighted by Crippen LogP contribution is -2.03. The normalized spacial score (nSPS) is 10.8. The van der Waals surface area contributed by atoms with E-state index < -0.39 is 0 Å². The molecule has 1 aromatic heterocycles. The van der Waals surface area contributed by atoms with E-state index in [1.807, 2.05) is 27.0 Å². The van der Waals surface area contributed by atoms with E-state index >= 15 is 0 Å². The maximum Gasteiger partial charge on any atom is 0.227 e. The first kappa shape index (κ1) is 15.3. The van der Waals surface area contributed by atoms with Gasteiger partial charge in [-0.3, -0.25) is 0 Å². The third-order valence-electron chi connectivity index (χ3n) is 3.53. The van der Waals surface area contributed by atoms with Crippen molar-refractivity contribution in [2.45, 2.75) is 40.5 Å². The lowest BCUT2D eigenvalue weighted by Gasteiger charge is -2.14. The van der Waals surface area contributed by atoms with Gasteiger partial charge < -0.3 is 10.1 Å². The van der Waals surface area contributed by atoms with Crippen LogP contribution in [-0.4, -0.2) is 17.0 Å². The molecule has 0 aliphatic heterocycles. The van der Waals surface area contributed by atoms with Gasteiger partial charge in [-0.05, 0) is 49.9 Å². The number of aromatic nitrogens is 2. The Balaban J connectivity index is 2.34. The van der Waals surface area contributed by atoms with Crippen molar-refractivity contribution in [2.24, 2.45) is 0 Å². The number of rotatable bonds is 4. The zero-order valence-electron chi connectivity index (χ0n) is 13.6. The summed E-state index contributed by atoms with van der Waals surface area (Å²) in [5.74, 6) is 3.41. The van der Waals surface area contributed by atoms with Crippen LogP contribution in [0, 0.1) is 20.8 Å². The molecule has 0 radical (unpaired) electrons. The molecule has 0 atom stereocenters. The Labute approximate surface area is 126 Å². The molecule has 0 saturated carbocycles. The summed E-state index contributed by atoms with van der Waals surface area (Å²) < 4.78 is 5.96. The van der Waals surface area contributed by atoms with E-state index in [0.29, 0.717) is 17.6 Å². The Morgan fingerprint density at radius 2 is 1.81 bits per heavy atom. The number of nitrogens with zero attached hydrogens (tertiary/aromatic N) is 2. The Morgan fingerprint density at radius 1 is 1.10 bits per heavy atom. The molecular weight excluding hydrogens is 262 g/mol. The molecule has 0 unspecified atom stereocenters. The van der Waals surface area contributed by atoms with Crippen LogP contribution in [0.15, 0.2) is 18.2 Å². The summed E-state index contributed by atoms with van der Waals surface area (Å²) in [6.45, 7) is 10.3. The maximum absolute atomic E-state index is 5.96. The molecule has 0 aliphatic carbocycles. The highest BCUT2D eigenvalue weighted by molar-refractivity contribution is 5.49. The van der Waals surface area contributed by atoms with E-state index in [9.17, 15) is 0 Å². The van der Waals surface area contributed by atoms with Crippen molar-refractivity contribution in [1.82, 2.24) is 9.97 Å². The molecule has 21 heavy (non-hydrogen) atoms. The van der Waals surface area contributed by atoms with E-state index in [1.165, 1.54) is 11.1 Å². The van der Waals surface area contributed by atoms with E-state index in [-0.39, 0.29) is 0 Å². The zero-order valence-corrected chi connectivity index (χ0v) is 13.6. The van der Waals surface area contributed by atoms with Crippen LogP contribution in [0.3, 0.4) is 0 Å². The lowest BCUT2D eigenvalue weighted by atomic mass is 9.98. The van der Waals surface area contributed by atoms with Gasteiger partial charge in [-0.25, -0.2) is 4.98 Å². The van der Waals surface area contributed by atoms with Crippen molar-refractivity contribution in [3.05, 3.63) is 40.7 Å². The minimum Gasteiger partial charge on any atom is -0.439 e. The zero-order chi connectivity index (χ0) is 15.6. The van der Waals surface area contributed by atoms with E-state index in [4.69, 9.17) is 4.74 Å². The number of aryl methyl sites for hydroxylation is 2. The van der Waals surface area contributed by atoms with Crippen LogP contribution in [0.5, 0.6) is 11.6 Å². The molecule has 1 N–H and O–H groups in total. The first-order valence-electron chi connectivity index (χ1n) is 7.23. The second kappa shape index (κ2) is 6.12. The van der Waals surface area contributed by atoms with Crippen molar-refractivity contribution in [2.75, 3.05) is 12.4 Å². The SMILES string of the molecule is CNc1nc(C)nc(Oc2ccc(C(C)C)c(C)c2)c1C. The van der Waals surface area contributed by atoms with Crippen molar-refractivity contribution in [3.63, 3.8) is 0 Å². The van der Waals surface area contributed by atoms with Gasteiger partial charge in [-0.1, -0.05) is 19.9 Å². The van der Waals surface area contributed by atoms with Crippen molar-refractivity contribution >= 4 is 5.82 Å². The molecule has 1 aromatic carbocycles. The molecule has 0 spiro atoms. The molecule has 4 nitrogen and oxygen atoms in total. The first-order chi connectivity index (χ1) is 9.92. The topological polar surface area (TPSA) is 47.0 Å². The summed E-state index contributed by atoms with van der Waals surface area (Å²) in [5.41, 5.74) is 3.49. The molecular formula is C17H23N3O. The standard InChI is InChI=1S/C17H23N3O/c1-10(2)15-8-7-14(9-11(15)3)21-17-12(4)16(18-6)19-13(5)20-17/h7-10H,1-6H3,(H,18,19,20). The second-order valence-electron chi connectivity index (χ2n) is 5.57. The van der Waals surface area contributed by atoms with Crippen LogP contribution in [0.1, 0.15) is 42.3 Å². The fourth-order valence-corrected chi connectivity index (χ4v) is 2.42. The molecule has 2 rings (SSSR count). The van der Waals surface area contributed by atoms with Gasteiger partial charge in [0.1, 0.15) is 17.4 Å². The van der Waals surface area contributed by atoms with Crippen LogP contribution in [0.4, 0.5) is 5.82 Å². The second-order valence-corrected chi connectivity index (χ2v) is 5.57. The third kappa shape index (κ3) is 3.32. The van der Waals surface area contributed by atoms with Crippen LogP contribution in [0.25, 0.3) is 0 Å². The fourth-order valence-electron chi connectivity index (χ4n) is 2.42. The quantitative estimate of drug-likeness (QED) is 0.906. The number of hydrogen-bond acceptors (Lipinski definition) is 4. The predicted molar refractivity (Wildman–Crippen MR) is 86.4 cm³/mol. The Morgan fingerprint density at radius 3 is 2.38 bits per heavy atom.